The van der Waals surface area contributed by atoms with E-state index in [1.165, 1.54) is 12.1 Å². The fraction of sp³-hybridized carbons (Fsp3) is 0.250. The minimum absolute atomic E-state index is 0.0888. The van der Waals surface area contributed by atoms with E-state index in [4.69, 9.17) is 9.84 Å². The predicted octanol–water partition coefficient (Wildman–Crippen LogP) is 4.45. The molecule has 6 nitrogen and oxygen atoms in total. The van der Waals surface area contributed by atoms with Crippen molar-refractivity contribution < 1.29 is 9.13 Å². The molecule has 2 atom stereocenters. The highest BCUT2D eigenvalue weighted by Crippen LogP contribution is 2.25. The second-order valence-corrected chi connectivity index (χ2v) is 7.81. The molecule has 158 valence electrons. The summed E-state index contributed by atoms with van der Waals surface area (Å²) in [5, 5.41) is 11.4. The van der Waals surface area contributed by atoms with E-state index in [2.05, 4.69) is 15.6 Å². The molecule has 0 aliphatic carbocycles. The summed E-state index contributed by atoms with van der Waals surface area (Å²) >= 11 is 0. The lowest BCUT2D eigenvalue weighted by Crippen LogP contribution is -2.19. The number of halogens is 1. The minimum atomic E-state index is -0.247. The van der Waals surface area contributed by atoms with E-state index in [1.54, 1.807) is 6.07 Å². The molecule has 1 saturated heterocycles. The smallest absolute Gasteiger partial charge is 0.154 e. The first-order chi connectivity index (χ1) is 15.2. The summed E-state index contributed by atoms with van der Waals surface area (Å²) in [6.45, 7) is 3.88. The highest BCUT2D eigenvalue weighted by molar-refractivity contribution is 5.64. The standard InChI is InChI=1S/C24H24FN5O/c1-16(18-3-2-4-19(25)13-18)28-23-9-10-24-27-15-22(30(24)29-23)17-5-7-20(8-6-17)31-21-11-12-26-14-21/h2-10,13,15-16,21,26H,11-12,14H2,1H3,(H,28,29)/t16-,21-/m1/s1. The van der Waals surface area contributed by atoms with Crippen LogP contribution in [0.3, 0.4) is 0 Å². The molecule has 0 saturated carbocycles. The van der Waals surface area contributed by atoms with Crippen LogP contribution in [0.4, 0.5) is 10.2 Å². The maximum atomic E-state index is 13.5. The summed E-state index contributed by atoms with van der Waals surface area (Å²) in [5.74, 6) is 1.31. The zero-order valence-electron chi connectivity index (χ0n) is 17.3. The lowest BCUT2D eigenvalue weighted by Gasteiger charge is -2.15. The summed E-state index contributed by atoms with van der Waals surface area (Å²) in [4.78, 5) is 4.47. The zero-order valence-corrected chi connectivity index (χ0v) is 17.3. The molecule has 0 radical (unpaired) electrons. The van der Waals surface area contributed by atoms with E-state index in [1.807, 2.05) is 60.1 Å². The molecular formula is C24H24FN5O. The van der Waals surface area contributed by atoms with E-state index in [9.17, 15) is 4.39 Å². The number of benzene rings is 2. The summed E-state index contributed by atoms with van der Waals surface area (Å²) in [6.07, 6.45) is 3.08. The van der Waals surface area contributed by atoms with Gasteiger partial charge in [-0.15, -0.1) is 5.10 Å². The minimum Gasteiger partial charge on any atom is -0.489 e. The molecule has 4 aromatic rings. The van der Waals surface area contributed by atoms with Gasteiger partial charge in [0, 0.05) is 12.1 Å². The van der Waals surface area contributed by atoms with Crippen molar-refractivity contribution in [1.29, 1.82) is 0 Å². The average molecular weight is 417 g/mol. The van der Waals surface area contributed by atoms with E-state index < -0.39 is 0 Å². The largest absolute Gasteiger partial charge is 0.489 e. The van der Waals surface area contributed by atoms with E-state index in [-0.39, 0.29) is 18.0 Å². The van der Waals surface area contributed by atoms with Crippen LogP contribution >= 0.6 is 0 Å². The van der Waals surface area contributed by atoms with Crippen molar-refractivity contribution in [2.45, 2.75) is 25.5 Å². The first-order valence-electron chi connectivity index (χ1n) is 10.5. The van der Waals surface area contributed by atoms with Gasteiger partial charge in [0.1, 0.15) is 23.5 Å². The second kappa shape index (κ2) is 8.35. The summed E-state index contributed by atoms with van der Waals surface area (Å²) in [7, 11) is 0. The van der Waals surface area contributed by atoms with Gasteiger partial charge in [0.25, 0.3) is 0 Å². The Labute approximate surface area is 180 Å². The van der Waals surface area contributed by atoms with E-state index in [0.717, 1.165) is 47.7 Å². The Morgan fingerprint density at radius 2 is 2.03 bits per heavy atom. The Morgan fingerprint density at radius 3 is 2.81 bits per heavy atom. The highest BCUT2D eigenvalue weighted by Gasteiger charge is 2.16. The molecule has 1 fully saturated rings. The van der Waals surface area contributed by atoms with Crippen LogP contribution in [-0.2, 0) is 0 Å². The summed E-state index contributed by atoms with van der Waals surface area (Å²) in [6, 6.07) is 18.3. The summed E-state index contributed by atoms with van der Waals surface area (Å²) in [5.41, 5.74) is 3.52. The molecule has 1 aliphatic heterocycles. The number of ether oxygens (including phenoxy) is 1. The normalized spacial score (nSPS) is 17.0. The monoisotopic (exact) mass is 417 g/mol. The predicted molar refractivity (Wildman–Crippen MR) is 119 cm³/mol. The maximum absolute atomic E-state index is 13.5. The van der Waals surface area contributed by atoms with Gasteiger partial charge in [0.15, 0.2) is 5.65 Å². The number of fused-ring (bicyclic) bond motifs is 1. The van der Waals surface area contributed by atoms with Crippen LogP contribution in [-0.4, -0.2) is 33.8 Å². The van der Waals surface area contributed by atoms with Gasteiger partial charge in [-0.1, -0.05) is 12.1 Å². The first-order valence-corrected chi connectivity index (χ1v) is 10.5. The fourth-order valence-corrected chi connectivity index (χ4v) is 3.85. The topological polar surface area (TPSA) is 63.5 Å². The number of imidazole rings is 1. The lowest BCUT2D eigenvalue weighted by molar-refractivity contribution is 0.223. The molecule has 2 aromatic carbocycles. The fourth-order valence-electron chi connectivity index (χ4n) is 3.85. The Balaban J connectivity index is 1.37. The van der Waals surface area contributed by atoms with Crippen molar-refractivity contribution in [3.05, 3.63) is 78.2 Å². The van der Waals surface area contributed by atoms with Gasteiger partial charge in [-0.05, 0) is 74.0 Å². The van der Waals surface area contributed by atoms with Gasteiger partial charge in [-0.25, -0.2) is 13.9 Å². The van der Waals surface area contributed by atoms with Crippen molar-refractivity contribution in [3.8, 4) is 17.0 Å². The molecule has 0 unspecified atom stereocenters. The van der Waals surface area contributed by atoms with E-state index in [0.29, 0.717) is 5.82 Å². The van der Waals surface area contributed by atoms with Gasteiger partial charge < -0.3 is 15.4 Å². The third kappa shape index (κ3) is 4.22. The molecule has 1 aliphatic rings. The van der Waals surface area contributed by atoms with Crippen molar-refractivity contribution in [1.82, 2.24) is 19.9 Å². The Kier molecular flexibility index (Phi) is 5.26. The molecule has 5 rings (SSSR count). The number of hydrogen-bond acceptors (Lipinski definition) is 5. The van der Waals surface area contributed by atoms with Crippen molar-refractivity contribution in [2.75, 3.05) is 18.4 Å². The van der Waals surface area contributed by atoms with Crippen LogP contribution in [0.1, 0.15) is 24.9 Å². The molecule has 0 bridgehead atoms. The van der Waals surface area contributed by atoms with Gasteiger partial charge in [0.05, 0.1) is 17.9 Å². The van der Waals surface area contributed by atoms with Crippen LogP contribution < -0.4 is 15.4 Å². The van der Waals surface area contributed by atoms with Gasteiger partial charge in [-0.2, -0.15) is 0 Å². The van der Waals surface area contributed by atoms with E-state index >= 15 is 0 Å². The van der Waals surface area contributed by atoms with Gasteiger partial charge >= 0.3 is 0 Å². The Hall–Kier alpha value is -3.45. The number of nitrogens with one attached hydrogen (secondary N) is 2. The molecular weight excluding hydrogens is 393 g/mol. The van der Waals surface area contributed by atoms with Gasteiger partial charge in [0.2, 0.25) is 0 Å². The molecule has 2 N–H and O–H groups in total. The number of nitrogens with zero attached hydrogens (tertiary/aromatic N) is 3. The molecule has 3 heterocycles. The van der Waals surface area contributed by atoms with Crippen LogP contribution in [0.25, 0.3) is 16.9 Å². The Bertz CT molecular complexity index is 1180. The van der Waals surface area contributed by atoms with Crippen LogP contribution in [0, 0.1) is 5.82 Å². The number of hydrogen-bond donors (Lipinski definition) is 2. The van der Waals surface area contributed by atoms with Crippen molar-refractivity contribution >= 4 is 11.5 Å². The third-order valence-electron chi connectivity index (χ3n) is 5.54. The Morgan fingerprint density at radius 1 is 1.16 bits per heavy atom. The SMILES string of the molecule is C[C@@H](Nc1ccc2ncc(-c3ccc(O[C@@H]4CCNC4)cc3)n2n1)c1cccc(F)c1. The molecule has 2 aromatic heterocycles. The summed E-state index contributed by atoms with van der Waals surface area (Å²) < 4.78 is 21.4. The third-order valence-corrected chi connectivity index (χ3v) is 5.54. The molecule has 7 heteroatoms. The van der Waals surface area contributed by atoms with Gasteiger partial charge in [-0.3, -0.25) is 0 Å². The van der Waals surface area contributed by atoms with Crippen LogP contribution in [0.5, 0.6) is 5.75 Å². The first kappa shape index (κ1) is 19.5. The quantitative estimate of drug-likeness (QED) is 0.485. The van der Waals surface area contributed by atoms with Crippen LogP contribution in [0.15, 0.2) is 66.9 Å². The average Bonchev–Trinajstić information content (AvgIpc) is 3.44. The van der Waals surface area contributed by atoms with Crippen LogP contribution in [0.2, 0.25) is 0 Å². The number of anilines is 1. The van der Waals surface area contributed by atoms with Crippen molar-refractivity contribution in [2.24, 2.45) is 0 Å². The maximum Gasteiger partial charge on any atom is 0.154 e. The lowest BCUT2D eigenvalue weighted by atomic mass is 10.1. The molecule has 31 heavy (non-hydrogen) atoms. The molecule has 0 amide bonds. The van der Waals surface area contributed by atoms with Crippen molar-refractivity contribution in [3.63, 3.8) is 0 Å². The molecule has 0 spiro atoms. The highest BCUT2D eigenvalue weighted by atomic mass is 19.1. The zero-order chi connectivity index (χ0) is 21.2. The second-order valence-electron chi connectivity index (χ2n) is 7.81. The number of rotatable bonds is 6. The number of aromatic nitrogens is 3.